The van der Waals surface area contributed by atoms with Gasteiger partial charge in [0.15, 0.2) is 5.65 Å². The van der Waals surface area contributed by atoms with Crippen molar-refractivity contribution >= 4 is 22.6 Å². The van der Waals surface area contributed by atoms with E-state index < -0.39 is 5.82 Å². The maximum atomic E-state index is 13.8. The van der Waals surface area contributed by atoms with Crippen molar-refractivity contribution in [1.82, 2.24) is 19.7 Å². The van der Waals surface area contributed by atoms with Crippen molar-refractivity contribution in [3.63, 3.8) is 0 Å². The van der Waals surface area contributed by atoms with Gasteiger partial charge in [0.1, 0.15) is 5.82 Å². The van der Waals surface area contributed by atoms with Crippen LogP contribution in [0.25, 0.3) is 11.0 Å². The molecule has 3 aromatic rings. The third-order valence-electron chi connectivity index (χ3n) is 5.38. The van der Waals surface area contributed by atoms with E-state index in [4.69, 9.17) is 4.98 Å². The molecule has 2 aromatic heterocycles. The highest BCUT2D eigenvalue weighted by Crippen LogP contribution is 2.27. The fourth-order valence-electron chi connectivity index (χ4n) is 3.97. The van der Waals surface area contributed by atoms with E-state index in [0.29, 0.717) is 0 Å². The number of hydrogen-bond acceptors (Lipinski definition) is 4. The number of likely N-dealkylation sites (tertiary alicyclic amines) is 1. The number of anilines is 1. The van der Waals surface area contributed by atoms with Gasteiger partial charge in [0.2, 0.25) is 5.91 Å². The minimum Gasteiger partial charge on any atom is -0.322 e. The van der Waals surface area contributed by atoms with Crippen LogP contribution in [-0.4, -0.2) is 45.2 Å². The fraction of sp³-hybridized carbons (Fsp3) is 0.409. The van der Waals surface area contributed by atoms with Crippen LogP contribution in [0.2, 0.25) is 0 Å². The van der Waals surface area contributed by atoms with Crippen molar-refractivity contribution in [2.24, 2.45) is 0 Å². The highest BCUT2D eigenvalue weighted by atomic mass is 19.1. The highest BCUT2D eigenvalue weighted by Gasteiger charge is 2.24. The summed E-state index contributed by atoms with van der Waals surface area (Å²) in [6, 6.07) is 10.4. The number of benzene rings is 1. The maximum Gasteiger partial charge on any atom is 0.238 e. The molecule has 1 atom stereocenters. The Kier molecular flexibility index (Phi) is 5.85. The molecule has 0 spiro atoms. The number of hydrogen-bond donors (Lipinski definition) is 1. The van der Waals surface area contributed by atoms with Crippen LogP contribution in [0.3, 0.4) is 0 Å². The molecule has 1 aliphatic heterocycles. The summed E-state index contributed by atoms with van der Waals surface area (Å²) in [5.41, 5.74) is 2.20. The number of amides is 1. The molecule has 29 heavy (non-hydrogen) atoms. The summed E-state index contributed by atoms with van der Waals surface area (Å²) in [7, 11) is 0. The second kappa shape index (κ2) is 8.69. The van der Waals surface area contributed by atoms with Crippen LogP contribution in [-0.2, 0) is 11.3 Å². The lowest BCUT2D eigenvalue weighted by atomic mass is 9.94. The Morgan fingerprint density at radius 3 is 2.97 bits per heavy atom. The monoisotopic (exact) mass is 395 g/mol. The maximum absolute atomic E-state index is 13.8. The lowest BCUT2D eigenvalue weighted by molar-refractivity contribution is -0.117. The molecule has 0 saturated carbocycles. The van der Waals surface area contributed by atoms with Crippen LogP contribution >= 0.6 is 0 Å². The largest absolute Gasteiger partial charge is 0.322 e. The molecule has 152 valence electrons. The Bertz CT molecular complexity index is 1000. The van der Waals surface area contributed by atoms with Crippen LogP contribution in [0.5, 0.6) is 0 Å². The minimum absolute atomic E-state index is 0.194. The first-order valence-electron chi connectivity index (χ1n) is 10.2. The van der Waals surface area contributed by atoms with E-state index in [-0.39, 0.29) is 24.1 Å². The van der Waals surface area contributed by atoms with Crippen molar-refractivity contribution in [2.75, 3.05) is 25.0 Å². The number of nitrogens with one attached hydrogen (secondary N) is 1. The van der Waals surface area contributed by atoms with Crippen LogP contribution < -0.4 is 5.32 Å². The van der Waals surface area contributed by atoms with Gasteiger partial charge >= 0.3 is 0 Å². The van der Waals surface area contributed by atoms with Crippen molar-refractivity contribution < 1.29 is 9.18 Å². The van der Waals surface area contributed by atoms with E-state index in [2.05, 4.69) is 34.4 Å². The highest BCUT2D eigenvalue weighted by molar-refractivity contribution is 5.92. The van der Waals surface area contributed by atoms with Gasteiger partial charge in [0.05, 0.1) is 18.4 Å². The predicted octanol–water partition coefficient (Wildman–Crippen LogP) is 3.80. The summed E-state index contributed by atoms with van der Waals surface area (Å²) < 4.78 is 15.7. The SMILES string of the molecule is CCCn1ncc2ccc([C@H]3CCCN(CC(=O)Nc4ccccc4F)C3)nc21. The number of fused-ring (bicyclic) bond motifs is 1. The smallest absolute Gasteiger partial charge is 0.238 e. The first kappa shape index (κ1) is 19.5. The molecular formula is C22H26FN5O. The molecule has 7 heteroatoms. The molecule has 1 amide bonds. The van der Waals surface area contributed by atoms with Gasteiger partial charge in [-0.25, -0.2) is 14.1 Å². The van der Waals surface area contributed by atoms with Gasteiger partial charge in [-0.1, -0.05) is 19.1 Å². The summed E-state index contributed by atoms with van der Waals surface area (Å²) in [5, 5.41) is 8.16. The topological polar surface area (TPSA) is 63.1 Å². The first-order chi connectivity index (χ1) is 14.1. The second-order valence-electron chi connectivity index (χ2n) is 7.62. The van der Waals surface area contributed by atoms with Crippen LogP contribution in [0.1, 0.15) is 37.8 Å². The molecule has 4 rings (SSSR count). The number of para-hydroxylation sites is 1. The van der Waals surface area contributed by atoms with E-state index in [0.717, 1.165) is 55.6 Å². The van der Waals surface area contributed by atoms with Crippen LogP contribution in [0, 0.1) is 5.82 Å². The summed E-state index contributed by atoms with van der Waals surface area (Å²) in [6.45, 7) is 4.86. The number of nitrogens with zero attached hydrogens (tertiary/aromatic N) is 4. The molecule has 0 bridgehead atoms. The number of aromatic nitrogens is 3. The van der Waals surface area contributed by atoms with Gasteiger partial charge in [-0.3, -0.25) is 9.69 Å². The number of carbonyl (C=O) groups excluding carboxylic acids is 1. The Balaban J connectivity index is 1.43. The van der Waals surface area contributed by atoms with Gasteiger partial charge in [-0.15, -0.1) is 0 Å². The Morgan fingerprint density at radius 2 is 2.14 bits per heavy atom. The van der Waals surface area contributed by atoms with Gasteiger partial charge in [-0.05, 0) is 50.1 Å². The molecule has 1 N–H and O–H groups in total. The average molecular weight is 395 g/mol. The molecule has 6 nitrogen and oxygen atoms in total. The van der Waals surface area contributed by atoms with Gasteiger partial charge < -0.3 is 5.32 Å². The van der Waals surface area contributed by atoms with E-state index in [1.165, 1.54) is 6.07 Å². The van der Waals surface area contributed by atoms with Gasteiger partial charge in [0.25, 0.3) is 0 Å². The summed E-state index contributed by atoms with van der Waals surface area (Å²) >= 11 is 0. The Labute approximate surface area is 169 Å². The zero-order valence-corrected chi connectivity index (χ0v) is 16.6. The third kappa shape index (κ3) is 4.45. The van der Waals surface area contributed by atoms with Crippen molar-refractivity contribution in [3.05, 3.63) is 54.1 Å². The molecule has 1 fully saturated rings. The van der Waals surface area contributed by atoms with E-state index in [1.54, 1.807) is 18.2 Å². The summed E-state index contributed by atoms with van der Waals surface area (Å²) in [5.74, 6) is -0.335. The lowest BCUT2D eigenvalue weighted by Gasteiger charge is -2.32. The molecule has 1 aliphatic rings. The van der Waals surface area contributed by atoms with Crippen molar-refractivity contribution in [2.45, 2.75) is 38.6 Å². The third-order valence-corrected chi connectivity index (χ3v) is 5.38. The van der Waals surface area contributed by atoms with Gasteiger partial charge in [0, 0.05) is 30.1 Å². The first-order valence-corrected chi connectivity index (χ1v) is 10.2. The summed E-state index contributed by atoms with van der Waals surface area (Å²) in [4.78, 5) is 19.4. The van der Waals surface area contributed by atoms with Crippen molar-refractivity contribution in [1.29, 1.82) is 0 Å². The zero-order chi connectivity index (χ0) is 20.2. The summed E-state index contributed by atoms with van der Waals surface area (Å²) in [6.07, 6.45) is 4.93. The minimum atomic E-state index is -0.418. The number of piperidine rings is 1. The van der Waals surface area contributed by atoms with Crippen LogP contribution in [0.15, 0.2) is 42.6 Å². The number of pyridine rings is 1. The number of halogens is 1. The van der Waals surface area contributed by atoms with E-state index in [1.807, 2.05) is 10.9 Å². The van der Waals surface area contributed by atoms with Gasteiger partial charge in [-0.2, -0.15) is 5.10 Å². The molecule has 1 saturated heterocycles. The van der Waals surface area contributed by atoms with E-state index in [9.17, 15) is 9.18 Å². The Hall–Kier alpha value is -2.80. The molecule has 0 unspecified atom stereocenters. The second-order valence-corrected chi connectivity index (χ2v) is 7.62. The normalized spacial score (nSPS) is 17.5. The molecule has 3 heterocycles. The molecule has 1 aromatic carbocycles. The average Bonchev–Trinajstić information content (AvgIpc) is 3.12. The zero-order valence-electron chi connectivity index (χ0n) is 16.6. The number of aryl methyl sites for hydroxylation is 1. The lowest BCUT2D eigenvalue weighted by Crippen LogP contribution is -2.40. The number of carbonyl (C=O) groups is 1. The fourth-order valence-corrected chi connectivity index (χ4v) is 3.97. The molecule has 0 aliphatic carbocycles. The predicted molar refractivity (Wildman–Crippen MR) is 111 cm³/mol. The van der Waals surface area contributed by atoms with E-state index >= 15 is 0 Å². The standard InChI is InChI=1S/C22H26FN5O/c1-2-11-28-22-16(13-24-28)9-10-19(26-22)17-6-5-12-27(14-17)15-21(29)25-20-8-4-3-7-18(20)23/h3-4,7-10,13,17H,2,5-6,11-12,14-15H2,1H3,(H,25,29)/t17-/m0/s1. The van der Waals surface area contributed by atoms with Crippen molar-refractivity contribution in [3.8, 4) is 0 Å². The molecule has 0 radical (unpaired) electrons. The number of rotatable bonds is 6. The molecular weight excluding hydrogens is 369 g/mol. The Morgan fingerprint density at radius 1 is 1.28 bits per heavy atom. The van der Waals surface area contributed by atoms with Crippen LogP contribution in [0.4, 0.5) is 10.1 Å². The quantitative estimate of drug-likeness (QED) is 0.690.